The molecule has 0 aromatic carbocycles. The number of ether oxygens (including phenoxy) is 1. The van der Waals surface area contributed by atoms with Gasteiger partial charge in [0.1, 0.15) is 6.10 Å². The van der Waals surface area contributed by atoms with Gasteiger partial charge in [0, 0.05) is 32.5 Å². The van der Waals surface area contributed by atoms with E-state index < -0.39 is 0 Å². The highest BCUT2D eigenvalue weighted by Gasteiger charge is 2.31. The van der Waals surface area contributed by atoms with Gasteiger partial charge in [0.2, 0.25) is 0 Å². The molecule has 1 amide bonds. The highest BCUT2D eigenvalue weighted by atomic mass is 16.5. The van der Waals surface area contributed by atoms with E-state index in [9.17, 15) is 4.79 Å². The minimum absolute atomic E-state index is 0.0303. The van der Waals surface area contributed by atoms with Gasteiger partial charge in [0.15, 0.2) is 0 Å². The van der Waals surface area contributed by atoms with Gasteiger partial charge in [-0.25, -0.2) is 0 Å². The lowest BCUT2D eigenvalue weighted by Gasteiger charge is -2.21. The molecule has 5 heteroatoms. The van der Waals surface area contributed by atoms with Crippen molar-refractivity contribution in [2.45, 2.75) is 31.6 Å². The number of hydrogen-bond donors (Lipinski definition) is 1. The largest absolute Gasteiger partial charge is 0.364 e. The maximum atomic E-state index is 12.2. The molecule has 0 spiro atoms. The molecule has 2 N–H and O–H groups in total. The van der Waals surface area contributed by atoms with Gasteiger partial charge >= 0.3 is 0 Å². The van der Waals surface area contributed by atoms with Crippen LogP contribution in [-0.4, -0.2) is 41.6 Å². The van der Waals surface area contributed by atoms with Crippen LogP contribution in [0.15, 0.2) is 24.5 Å². The molecule has 1 aliphatic rings. The molecule has 1 fully saturated rings. The number of carbonyl (C=O) groups is 1. The third kappa shape index (κ3) is 3.05. The van der Waals surface area contributed by atoms with E-state index >= 15 is 0 Å². The normalized spacial score (nSPS) is 23.0. The van der Waals surface area contributed by atoms with Crippen LogP contribution in [0.3, 0.4) is 0 Å². The first-order valence-electron chi connectivity index (χ1n) is 6.20. The second-order valence-corrected chi connectivity index (χ2v) is 4.61. The Balaban J connectivity index is 1.89. The van der Waals surface area contributed by atoms with E-state index in [0.29, 0.717) is 13.1 Å². The van der Waals surface area contributed by atoms with E-state index in [-0.39, 0.29) is 18.1 Å². The lowest BCUT2D eigenvalue weighted by atomic mass is 10.1. The average Bonchev–Trinajstić information content (AvgIpc) is 2.87. The first-order valence-corrected chi connectivity index (χ1v) is 6.20. The highest BCUT2D eigenvalue weighted by Crippen LogP contribution is 2.20. The first-order chi connectivity index (χ1) is 8.70. The number of hydrogen-bond acceptors (Lipinski definition) is 4. The van der Waals surface area contributed by atoms with Crippen molar-refractivity contribution in [1.29, 1.82) is 0 Å². The number of likely N-dealkylation sites (N-methyl/N-ethyl adjacent to an activating group) is 1. The van der Waals surface area contributed by atoms with Crippen molar-refractivity contribution in [1.82, 2.24) is 9.88 Å². The average molecular weight is 249 g/mol. The summed E-state index contributed by atoms with van der Waals surface area (Å²) in [5, 5.41) is 0. The summed E-state index contributed by atoms with van der Waals surface area (Å²) in [6.07, 6.45) is 4.80. The first kappa shape index (κ1) is 13.0. The van der Waals surface area contributed by atoms with Gasteiger partial charge in [-0.05, 0) is 30.5 Å². The fourth-order valence-corrected chi connectivity index (χ4v) is 2.15. The summed E-state index contributed by atoms with van der Waals surface area (Å²) in [6.45, 7) is 1.06. The van der Waals surface area contributed by atoms with Gasteiger partial charge in [-0.15, -0.1) is 0 Å². The van der Waals surface area contributed by atoms with Crippen molar-refractivity contribution >= 4 is 5.91 Å². The summed E-state index contributed by atoms with van der Waals surface area (Å²) >= 11 is 0. The number of amides is 1. The van der Waals surface area contributed by atoms with Crippen LogP contribution in [0.5, 0.6) is 0 Å². The molecule has 5 nitrogen and oxygen atoms in total. The third-order valence-electron chi connectivity index (χ3n) is 3.19. The van der Waals surface area contributed by atoms with Crippen LogP contribution in [0.4, 0.5) is 0 Å². The van der Waals surface area contributed by atoms with E-state index in [4.69, 9.17) is 10.5 Å². The lowest BCUT2D eigenvalue weighted by molar-refractivity contribution is -0.141. The minimum Gasteiger partial charge on any atom is -0.364 e. The third-order valence-corrected chi connectivity index (χ3v) is 3.19. The van der Waals surface area contributed by atoms with Gasteiger partial charge in [0.05, 0.1) is 6.10 Å². The predicted molar refractivity (Wildman–Crippen MR) is 67.7 cm³/mol. The molecule has 1 aliphatic heterocycles. The molecule has 2 heterocycles. The lowest BCUT2D eigenvalue weighted by Crippen LogP contribution is -2.36. The maximum absolute atomic E-state index is 12.2. The number of rotatable bonds is 4. The Labute approximate surface area is 107 Å². The fourth-order valence-electron chi connectivity index (χ4n) is 2.15. The van der Waals surface area contributed by atoms with Crippen LogP contribution >= 0.6 is 0 Å². The van der Waals surface area contributed by atoms with Crippen molar-refractivity contribution in [3.05, 3.63) is 30.1 Å². The molecule has 18 heavy (non-hydrogen) atoms. The Morgan fingerprint density at radius 3 is 2.83 bits per heavy atom. The van der Waals surface area contributed by atoms with E-state index in [2.05, 4.69) is 4.98 Å². The Bertz CT molecular complexity index is 396. The van der Waals surface area contributed by atoms with Crippen LogP contribution in [0.25, 0.3) is 0 Å². The fraction of sp³-hybridized carbons (Fsp3) is 0.538. The van der Waals surface area contributed by atoms with Crippen molar-refractivity contribution in [2.75, 3.05) is 13.6 Å². The van der Waals surface area contributed by atoms with Crippen LogP contribution in [0.2, 0.25) is 0 Å². The summed E-state index contributed by atoms with van der Waals surface area (Å²) in [6, 6.07) is 3.81. The molecule has 2 rings (SSSR count). The SMILES string of the molecule is CN(Cc1ccncc1)C(=O)[C@@H]1CC[C@H](CN)O1. The second-order valence-electron chi connectivity index (χ2n) is 4.61. The van der Waals surface area contributed by atoms with Crippen LogP contribution < -0.4 is 5.73 Å². The Kier molecular flexibility index (Phi) is 4.28. The summed E-state index contributed by atoms with van der Waals surface area (Å²) in [5.74, 6) is 0.0303. The van der Waals surface area contributed by atoms with Crippen molar-refractivity contribution < 1.29 is 9.53 Å². The van der Waals surface area contributed by atoms with Gasteiger partial charge in [-0.3, -0.25) is 9.78 Å². The molecule has 0 bridgehead atoms. The second kappa shape index (κ2) is 5.93. The zero-order valence-electron chi connectivity index (χ0n) is 10.6. The molecule has 98 valence electrons. The molecule has 0 radical (unpaired) electrons. The van der Waals surface area contributed by atoms with Crippen molar-refractivity contribution in [3.63, 3.8) is 0 Å². The summed E-state index contributed by atoms with van der Waals surface area (Å²) < 4.78 is 5.60. The van der Waals surface area contributed by atoms with E-state index in [0.717, 1.165) is 18.4 Å². The van der Waals surface area contributed by atoms with Gasteiger partial charge < -0.3 is 15.4 Å². The predicted octanol–water partition coefficient (Wildman–Crippen LogP) is 0.546. The van der Waals surface area contributed by atoms with Crippen molar-refractivity contribution in [2.24, 2.45) is 5.73 Å². The Hall–Kier alpha value is -1.46. The zero-order chi connectivity index (χ0) is 13.0. The van der Waals surface area contributed by atoms with Crippen LogP contribution in [0, 0.1) is 0 Å². The Morgan fingerprint density at radius 1 is 1.50 bits per heavy atom. The van der Waals surface area contributed by atoms with Crippen LogP contribution in [-0.2, 0) is 16.1 Å². The number of carbonyl (C=O) groups excluding carboxylic acids is 1. The molecular weight excluding hydrogens is 230 g/mol. The minimum atomic E-state index is -0.328. The summed E-state index contributed by atoms with van der Waals surface area (Å²) in [4.78, 5) is 17.8. The van der Waals surface area contributed by atoms with Gasteiger partial charge in [0.25, 0.3) is 5.91 Å². The van der Waals surface area contributed by atoms with Gasteiger partial charge in [-0.2, -0.15) is 0 Å². The number of aromatic nitrogens is 1. The Morgan fingerprint density at radius 2 is 2.22 bits per heavy atom. The molecule has 0 aliphatic carbocycles. The number of nitrogens with zero attached hydrogens (tertiary/aromatic N) is 2. The van der Waals surface area contributed by atoms with E-state index in [1.807, 2.05) is 12.1 Å². The van der Waals surface area contributed by atoms with E-state index in [1.165, 1.54) is 0 Å². The standard InChI is InChI=1S/C13H19N3O2/c1-16(9-10-4-6-15-7-5-10)13(17)12-3-2-11(8-14)18-12/h4-7,11-12H,2-3,8-9,14H2,1H3/t11-,12+/m1/s1. The molecule has 2 atom stereocenters. The van der Waals surface area contributed by atoms with E-state index in [1.54, 1.807) is 24.3 Å². The molecule has 0 saturated carbocycles. The topological polar surface area (TPSA) is 68.5 Å². The van der Waals surface area contributed by atoms with Crippen LogP contribution in [0.1, 0.15) is 18.4 Å². The summed E-state index contributed by atoms with van der Waals surface area (Å²) in [5.41, 5.74) is 6.60. The summed E-state index contributed by atoms with van der Waals surface area (Å²) in [7, 11) is 1.79. The maximum Gasteiger partial charge on any atom is 0.251 e. The molecule has 1 aromatic rings. The van der Waals surface area contributed by atoms with Gasteiger partial charge in [-0.1, -0.05) is 0 Å². The molecule has 0 unspecified atom stereocenters. The molecule has 1 aromatic heterocycles. The monoisotopic (exact) mass is 249 g/mol. The molecule has 1 saturated heterocycles. The quantitative estimate of drug-likeness (QED) is 0.846. The smallest absolute Gasteiger partial charge is 0.251 e. The number of pyridine rings is 1. The van der Waals surface area contributed by atoms with Crippen molar-refractivity contribution in [3.8, 4) is 0 Å². The number of nitrogens with two attached hydrogens (primary N) is 1. The molecular formula is C13H19N3O2. The highest BCUT2D eigenvalue weighted by molar-refractivity contribution is 5.80. The zero-order valence-corrected chi connectivity index (χ0v) is 10.6.